The Balaban J connectivity index is 1.06. The van der Waals surface area contributed by atoms with Crippen molar-refractivity contribution in [3.05, 3.63) is 169 Å². The van der Waals surface area contributed by atoms with Crippen molar-refractivity contribution in [3.8, 4) is 28.6 Å². The molecule has 0 saturated carbocycles. The minimum Gasteiger partial charge on any atom is -0.456 e. The van der Waals surface area contributed by atoms with Gasteiger partial charge in [-0.3, -0.25) is 0 Å². The molecule has 0 fully saturated rings. The van der Waals surface area contributed by atoms with Gasteiger partial charge in [-0.1, -0.05) is 84.9 Å². The number of nitrogens with zero attached hydrogens (tertiary/aromatic N) is 3. The Hall–Kier alpha value is -7.55. The van der Waals surface area contributed by atoms with Crippen molar-refractivity contribution < 1.29 is 8.83 Å². The molecule has 12 aromatic rings. The van der Waals surface area contributed by atoms with Gasteiger partial charge in [0.1, 0.15) is 22.8 Å². The van der Waals surface area contributed by atoms with Crippen LogP contribution < -0.4 is 0 Å². The van der Waals surface area contributed by atoms with Crippen LogP contribution in [-0.4, -0.2) is 9.13 Å². The fraction of sp³-hybridized carbons (Fsp3) is 0. The summed E-state index contributed by atoms with van der Waals surface area (Å²) in [4.78, 5) is 0. The zero-order valence-electron chi connectivity index (χ0n) is 28.7. The summed E-state index contributed by atoms with van der Waals surface area (Å²) in [6.07, 6.45) is 0. The van der Waals surface area contributed by atoms with Gasteiger partial charge in [-0.05, 0) is 90.0 Å². The summed E-state index contributed by atoms with van der Waals surface area (Å²) in [6.45, 7) is 0. The maximum atomic E-state index is 10.4. The topological polar surface area (TPSA) is 59.9 Å². The van der Waals surface area contributed by atoms with E-state index in [1.807, 2.05) is 36.4 Å². The molecular formula is C49H27N3O2. The monoisotopic (exact) mass is 689 g/mol. The third-order valence-corrected chi connectivity index (χ3v) is 11.1. The number of hydrogen-bond donors (Lipinski definition) is 0. The third kappa shape index (κ3) is 3.97. The number of aromatic nitrogens is 2. The molecule has 5 nitrogen and oxygen atoms in total. The zero-order chi connectivity index (χ0) is 35.5. The maximum Gasteiger partial charge on any atom is 0.153 e. The van der Waals surface area contributed by atoms with Gasteiger partial charge < -0.3 is 18.0 Å². The van der Waals surface area contributed by atoms with Crippen molar-refractivity contribution in [3.63, 3.8) is 0 Å². The van der Waals surface area contributed by atoms with E-state index in [4.69, 9.17) is 8.83 Å². The second kappa shape index (κ2) is 10.7. The van der Waals surface area contributed by atoms with Gasteiger partial charge in [0, 0.05) is 54.5 Å². The number of hydrogen-bond acceptors (Lipinski definition) is 3. The van der Waals surface area contributed by atoms with Crippen LogP contribution in [-0.2, 0) is 0 Å². The fourth-order valence-electron chi connectivity index (χ4n) is 8.73. The number of nitriles is 1. The second-order valence-electron chi connectivity index (χ2n) is 14.0. The molecule has 8 aromatic carbocycles. The summed E-state index contributed by atoms with van der Waals surface area (Å²) in [6, 6.07) is 59.9. The van der Waals surface area contributed by atoms with Crippen molar-refractivity contribution in [2.75, 3.05) is 0 Å². The fourth-order valence-corrected chi connectivity index (χ4v) is 8.73. The smallest absolute Gasteiger partial charge is 0.153 e. The molecule has 0 aliphatic heterocycles. The lowest BCUT2D eigenvalue weighted by Crippen LogP contribution is -1.95. The van der Waals surface area contributed by atoms with Crippen LogP contribution in [0, 0.1) is 11.3 Å². The Labute approximate surface area is 307 Å². The number of para-hydroxylation sites is 4. The predicted molar refractivity (Wildman–Crippen MR) is 220 cm³/mol. The lowest BCUT2D eigenvalue weighted by atomic mass is 10.0. The first-order valence-electron chi connectivity index (χ1n) is 18.1. The molecule has 0 amide bonds. The number of rotatable bonds is 3. The van der Waals surface area contributed by atoms with Crippen LogP contribution in [0.3, 0.4) is 0 Å². The molecule has 12 rings (SSSR count). The summed E-state index contributed by atoms with van der Waals surface area (Å²) >= 11 is 0. The van der Waals surface area contributed by atoms with Gasteiger partial charge in [-0.25, -0.2) is 0 Å². The van der Waals surface area contributed by atoms with Gasteiger partial charge in [-0.2, -0.15) is 5.26 Å². The Kier molecular flexibility index (Phi) is 5.78. The SMILES string of the molecule is N#Cc1cc(-n2c3ccccc3c3cc(-c4ccc5c(c4)c4ccccc4n5-c4ccccc4)ccc32)cc2c1oc1cc3c(cc12)oc1ccccc13. The van der Waals surface area contributed by atoms with Gasteiger partial charge in [0.15, 0.2) is 5.58 Å². The van der Waals surface area contributed by atoms with Crippen molar-refractivity contribution in [1.82, 2.24) is 9.13 Å². The van der Waals surface area contributed by atoms with E-state index in [1.54, 1.807) is 0 Å². The van der Waals surface area contributed by atoms with Crippen LogP contribution >= 0.6 is 0 Å². The Bertz CT molecular complexity index is 3570. The highest BCUT2D eigenvalue weighted by molar-refractivity contribution is 6.17. The van der Waals surface area contributed by atoms with Crippen molar-refractivity contribution in [1.29, 1.82) is 5.26 Å². The molecule has 0 aliphatic rings. The molecule has 4 heterocycles. The molecule has 0 spiro atoms. The molecule has 0 atom stereocenters. The Morgan fingerprint density at radius 1 is 0.370 bits per heavy atom. The lowest BCUT2D eigenvalue weighted by Gasteiger charge is -2.10. The van der Waals surface area contributed by atoms with E-state index in [0.717, 1.165) is 82.6 Å². The van der Waals surface area contributed by atoms with Crippen LogP contribution in [0.25, 0.3) is 110 Å². The minimum absolute atomic E-state index is 0.491. The van der Waals surface area contributed by atoms with E-state index in [2.05, 4.69) is 143 Å². The summed E-state index contributed by atoms with van der Waals surface area (Å²) in [7, 11) is 0. The Morgan fingerprint density at radius 2 is 0.907 bits per heavy atom. The van der Waals surface area contributed by atoms with Crippen LogP contribution in [0.4, 0.5) is 0 Å². The van der Waals surface area contributed by atoms with Gasteiger partial charge in [0.25, 0.3) is 0 Å². The zero-order valence-corrected chi connectivity index (χ0v) is 28.7. The highest BCUT2D eigenvalue weighted by Crippen LogP contribution is 2.41. The molecule has 0 bridgehead atoms. The van der Waals surface area contributed by atoms with Crippen LogP contribution in [0.1, 0.15) is 5.56 Å². The molecule has 0 radical (unpaired) electrons. The summed E-state index contributed by atoms with van der Waals surface area (Å²) < 4.78 is 17.3. The van der Waals surface area contributed by atoms with E-state index >= 15 is 0 Å². The standard InChI is InChI=1S/C49H27N3O2/c50-28-31-22-33(25-41-40-27-47-39(26-48(40)54-49(31)41)36-14-6-9-17-46(36)53-47)52-43-16-8-5-13-35(43)38-24-30(19-21-45(38)52)29-18-20-44-37(23-29)34-12-4-7-15-42(34)51(44)32-10-2-1-3-11-32/h1-27H. The quantitative estimate of drug-likeness (QED) is 0.185. The molecular weight excluding hydrogens is 663 g/mol. The van der Waals surface area contributed by atoms with Crippen LogP contribution in [0.15, 0.2) is 173 Å². The van der Waals surface area contributed by atoms with E-state index in [-0.39, 0.29) is 0 Å². The number of benzene rings is 8. The molecule has 0 aliphatic carbocycles. The van der Waals surface area contributed by atoms with Gasteiger partial charge in [0.2, 0.25) is 0 Å². The summed E-state index contributed by atoms with van der Waals surface area (Å²) in [5.41, 5.74) is 12.3. The average molecular weight is 690 g/mol. The van der Waals surface area contributed by atoms with Crippen molar-refractivity contribution in [2.24, 2.45) is 0 Å². The van der Waals surface area contributed by atoms with Crippen LogP contribution in [0.5, 0.6) is 0 Å². The molecule has 54 heavy (non-hydrogen) atoms. The molecule has 0 saturated heterocycles. The van der Waals surface area contributed by atoms with Gasteiger partial charge >= 0.3 is 0 Å². The lowest BCUT2D eigenvalue weighted by molar-refractivity contribution is 0.663. The summed E-state index contributed by atoms with van der Waals surface area (Å²) in [5.74, 6) is 0. The highest BCUT2D eigenvalue weighted by Gasteiger charge is 2.20. The largest absolute Gasteiger partial charge is 0.456 e. The van der Waals surface area contributed by atoms with E-state index in [0.29, 0.717) is 11.1 Å². The van der Waals surface area contributed by atoms with Gasteiger partial charge in [0.05, 0.1) is 27.6 Å². The summed E-state index contributed by atoms with van der Waals surface area (Å²) in [5, 5.41) is 19.0. The normalized spacial score (nSPS) is 12.1. The molecule has 250 valence electrons. The van der Waals surface area contributed by atoms with Gasteiger partial charge in [-0.15, -0.1) is 0 Å². The number of fused-ring (bicyclic) bond motifs is 12. The molecule has 4 aromatic heterocycles. The van der Waals surface area contributed by atoms with Crippen molar-refractivity contribution >= 4 is 87.5 Å². The first-order valence-corrected chi connectivity index (χ1v) is 18.1. The molecule has 5 heteroatoms. The van der Waals surface area contributed by atoms with Crippen molar-refractivity contribution in [2.45, 2.75) is 0 Å². The van der Waals surface area contributed by atoms with E-state index < -0.39 is 0 Å². The second-order valence-corrected chi connectivity index (χ2v) is 14.0. The predicted octanol–water partition coefficient (Wildman–Crippen LogP) is 13.2. The first kappa shape index (κ1) is 29.1. The van der Waals surface area contributed by atoms with E-state index in [9.17, 15) is 5.26 Å². The first-order chi connectivity index (χ1) is 26.7. The molecule has 0 unspecified atom stereocenters. The highest BCUT2D eigenvalue weighted by atomic mass is 16.3. The van der Waals surface area contributed by atoms with E-state index in [1.165, 1.54) is 21.8 Å². The number of furan rings is 2. The third-order valence-electron chi connectivity index (χ3n) is 11.1. The minimum atomic E-state index is 0.491. The molecule has 0 N–H and O–H groups in total. The maximum absolute atomic E-state index is 10.4. The Morgan fingerprint density at radius 3 is 1.57 bits per heavy atom. The average Bonchev–Trinajstić information content (AvgIpc) is 3.97. The van der Waals surface area contributed by atoms with Crippen LogP contribution in [0.2, 0.25) is 0 Å².